The summed E-state index contributed by atoms with van der Waals surface area (Å²) in [4.78, 5) is 13.3. The van der Waals surface area contributed by atoms with Crippen molar-refractivity contribution in [3.8, 4) is 0 Å². The van der Waals surface area contributed by atoms with Gasteiger partial charge >= 0.3 is 0 Å². The number of nitrogens with one attached hydrogen (secondary N) is 1. The molecule has 157 valence electrons. The van der Waals surface area contributed by atoms with Gasteiger partial charge in [-0.05, 0) is 63.3 Å². The van der Waals surface area contributed by atoms with Gasteiger partial charge in [0, 0.05) is 50.7 Å². The normalized spacial score (nSPS) is 12.4. The number of anilines is 1. The molecule has 0 saturated carbocycles. The van der Waals surface area contributed by atoms with Crippen molar-refractivity contribution in [1.82, 2.24) is 0 Å². The zero-order chi connectivity index (χ0) is 20.4. The van der Waals surface area contributed by atoms with Crippen molar-refractivity contribution in [3.05, 3.63) is 28.3 Å². The minimum atomic E-state index is -1.31. The van der Waals surface area contributed by atoms with Gasteiger partial charge in [0.15, 0.2) is 0 Å². The van der Waals surface area contributed by atoms with Crippen LogP contribution in [0, 0.1) is 13.8 Å². The summed E-state index contributed by atoms with van der Waals surface area (Å²) in [6, 6.07) is 3.87. The minimum Gasteiger partial charge on any atom is -0.322 e. The van der Waals surface area contributed by atoms with E-state index in [1.54, 1.807) is 0 Å². The summed E-state index contributed by atoms with van der Waals surface area (Å²) in [5, 5.41) is 4.00. The molecule has 1 N–H and O–H groups in total. The van der Waals surface area contributed by atoms with E-state index in [0.717, 1.165) is 21.8 Å². The van der Waals surface area contributed by atoms with Gasteiger partial charge in [-0.3, -0.25) is 4.79 Å². The van der Waals surface area contributed by atoms with E-state index >= 15 is 0 Å². The van der Waals surface area contributed by atoms with E-state index in [-0.39, 0.29) is 44.3 Å². The van der Waals surface area contributed by atoms with Crippen LogP contribution >= 0.6 is 18.9 Å². The van der Waals surface area contributed by atoms with Gasteiger partial charge in [0.05, 0.1) is 18.5 Å². The van der Waals surface area contributed by atoms with Crippen molar-refractivity contribution in [2.45, 2.75) is 85.7 Å². The van der Waals surface area contributed by atoms with Crippen LogP contribution in [0.3, 0.4) is 0 Å². The number of aryl methyl sites for hydroxylation is 2. The maximum absolute atomic E-state index is 13.3. The average molecular weight is 502 g/mol. The number of benzene rings is 1. The van der Waals surface area contributed by atoms with Crippen LogP contribution in [0.4, 0.5) is 5.69 Å². The Morgan fingerprint density at radius 1 is 0.964 bits per heavy atom. The number of rotatable bonds is 12. The van der Waals surface area contributed by atoms with Crippen LogP contribution in [-0.2, 0) is 37.5 Å². The molecule has 2 nitrogen and oxygen atoms in total. The molecule has 0 aliphatic carbocycles. The molecule has 1 unspecified atom stereocenters. The number of carbonyl (C=O) groups is 1. The van der Waals surface area contributed by atoms with Gasteiger partial charge in [0.2, 0.25) is 0 Å². The van der Waals surface area contributed by atoms with Crippen LogP contribution in [-0.4, -0.2) is 30.1 Å². The van der Waals surface area contributed by atoms with E-state index in [0.29, 0.717) is 0 Å². The van der Waals surface area contributed by atoms with Gasteiger partial charge in [-0.15, -0.1) is 0 Å². The molecule has 1 aromatic carbocycles. The fourth-order valence-electron chi connectivity index (χ4n) is 3.92. The largest absolute Gasteiger partial charge is 0.322 e. The minimum absolute atomic E-state index is 0. The fourth-order valence-corrected chi connectivity index (χ4v) is 9.48. The molecule has 28 heavy (non-hydrogen) atoms. The van der Waals surface area contributed by atoms with Crippen molar-refractivity contribution in [3.63, 3.8) is 0 Å². The number of amides is 1. The van der Waals surface area contributed by atoms with Crippen molar-refractivity contribution in [2.24, 2.45) is 0 Å². The van der Waals surface area contributed by atoms with Gasteiger partial charge in [0.1, 0.15) is 5.66 Å². The number of carbonyl (C=O) groups excluding carboxylic acids is 1. The Morgan fingerprint density at radius 2 is 1.36 bits per heavy atom. The molecule has 0 fully saturated rings. The SMILES string of the molecule is CCCC[P+](CCCC)(CCCC)C(C)C(=O)Nc1c(C)cc(Cl)cc1C.[Y]. The Kier molecular flexibility index (Phi) is 14.8. The Labute approximate surface area is 204 Å². The van der Waals surface area contributed by atoms with E-state index < -0.39 is 7.26 Å². The van der Waals surface area contributed by atoms with Crippen LogP contribution in [0.5, 0.6) is 0 Å². The molecule has 0 saturated heterocycles. The van der Waals surface area contributed by atoms with E-state index in [2.05, 4.69) is 33.0 Å². The van der Waals surface area contributed by atoms with Crippen LogP contribution < -0.4 is 5.32 Å². The third kappa shape index (κ3) is 8.33. The molecule has 0 spiro atoms. The number of halogens is 1. The summed E-state index contributed by atoms with van der Waals surface area (Å²) in [6.45, 7) is 13.0. The summed E-state index contributed by atoms with van der Waals surface area (Å²) in [5.41, 5.74) is 3.15. The molecule has 1 rings (SSSR count). The number of hydrogen-bond donors (Lipinski definition) is 1. The van der Waals surface area contributed by atoms with E-state index in [1.165, 1.54) is 57.0 Å². The Hall–Kier alpha value is 0.514. The molecular weight excluding hydrogens is 462 g/mol. The molecular formula is C23H40ClNOPY+. The van der Waals surface area contributed by atoms with Crippen molar-refractivity contribution in [1.29, 1.82) is 0 Å². The molecule has 5 heteroatoms. The Morgan fingerprint density at radius 3 is 1.71 bits per heavy atom. The molecule has 1 aromatic rings. The predicted molar refractivity (Wildman–Crippen MR) is 125 cm³/mol. The molecule has 0 aliphatic heterocycles. The smallest absolute Gasteiger partial charge is 0.264 e. The van der Waals surface area contributed by atoms with Crippen molar-refractivity contribution >= 4 is 30.5 Å². The quantitative estimate of drug-likeness (QED) is 0.292. The third-order valence-corrected chi connectivity index (χ3v) is 11.5. The second kappa shape index (κ2) is 14.5. The van der Waals surface area contributed by atoms with Gasteiger partial charge in [0.25, 0.3) is 5.91 Å². The molecule has 0 aliphatic rings. The van der Waals surface area contributed by atoms with Crippen LogP contribution in [0.1, 0.15) is 77.3 Å². The first-order chi connectivity index (χ1) is 12.8. The van der Waals surface area contributed by atoms with Gasteiger partial charge in [-0.1, -0.05) is 51.6 Å². The topological polar surface area (TPSA) is 29.1 Å². The van der Waals surface area contributed by atoms with Crippen LogP contribution in [0.15, 0.2) is 12.1 Å². The van der Waals surface area contributed by atoms with Gasteiger partial charge in [-0.2, -0.15) is 0 Å². The fraction of sp³-hybridized carbons (Fsp3) is 0.696. The first-order valence-corrected chi connectivity index (χ1v) is 13.5. The standard InChI is InChI=1S/C23H39ClNOP.Y/c1-7-10-13-27(14-11-8-2,15-12-9-3)20(6)23(26)25-22-18(4)16-21(24)17-19(22)5;/h16-17,20H,7-15H2,1-6H3;/p+1. The van der Waals surface area contributed by atoms with Gasteiger partial charge < -0.3 is 5.32 Å². The molecule has 1 atom stereocenters. The van der Waals surface area contributed by atoms with E-state index in [9.17, 15) is 4.79 Å². The monoisotopic (exact) mass is 501 g/mol. The second-order valence-corrected chi connectivity index (χ2v) is 13.0. The Bertz CT molecular complexity index is 563. The van der Waals surface area contributed by atoms with E-state index in [1.807, 2.05) is 26.0 Å². The summed E-state index contributed by atoms with van der Waals surface area (Å²) in [6.07, 6.45) is 11.2. The number of hydrogen-bond acceptors (Lipinski definition) is 1. The van der Waals surface area contributed by atoms with Gasteiger partial charge in [-0.25, -0.2) is 0 Å². The van der Waals surface area contributed by atoms with Crippen LogP contribution in [0.2, 0.25) is 5.02 Å². The molecule has 0 heterocycles. The Balaban J connectivity index is 0.00000729. The average Bonchev–Trinajstić information content (AvgIpc) is 2.63. The first-order valence-electron chi connectivity index (χ1n) is 10.7. The summed E-state index contributed by atoms with van der Waals surface area (Å²) >= 11 is 6.16. The maximum atomic E-state index is 13.3. The van der Waals surface area contributed by atoms with E-state index in [4.69, 9.17) is 11.6 Å². The molecule has 0 aromatic heterocycles. The first kappa shape index (κ1) is 28.5. The van der Waals surface area contributed by atoms with Crippen molar-refractivity contribution < 1.29 is 37.5 Å². The molecule has 1 amide bonds. The molecule has 1 radical (unpaired) electrons. The zero-order valence-electron chi connectivity index (χ0n) is 18.9. The number of unbranched alkanes of at least 4 members (excludes halogenated alkanes) is 3. The summed E-state index contributed by atoms with van der Waals surface area (Å²) < 4.78 is 0. The third-order valence-electron chi connectivity index (χ3n) is 5.82. The summed E-state index contributed by atoms with van der Waals surface area (Å²) in [5.74, 6) is 0.208. The van der Waals surface area contributed by atoms with Crippen LogP contribution in [0.25, 0.3) is 0 Å². The predicted octanol–water partition coefficient (Wildman–Crippen LogP) is 7.70. The maximum Gasteiger partial charge on any atom is 0.264 e. The second-order valence-electron chi connectivity index (χ2n) is 8.03. The molecule has 0 bridgehead atoms. The summed E-state index contributed by atoms with van der Waals surface area (Å²) in [7, 11) is -1.31. The zero-order valence-corrected chi connectivity index (χ0v) is 23.4. The van der Waals surface area contributed by atoms with Crippen molar-refractivity contribution in [2.75, 3.05) is 23.8 Å².